The van der Waals surface area contributed by atoms with E-state index in [0.29, 0.717) is 17.4 Å². The van der Waals surface area contributed by atoms with Crippen molar-refractivity contribution in [2.24, 2.45) is 5.92 Å². The molecule has 0 fully saturated rings. The fraction of sp³-hybridized carbons (Fsp3) is 0.533. The minimum atomic E-state index is -0.0643. The van der Waals surface area contributed by atoms with Crippen LogP contribution in [-0.2, 0) is 6.61 Å². The number of anilines is 1. The number of likely N-dealkylation sites (N-methyl/N-ethyl adjacent to an activating group) is 1. The number of nitrogens with zero attached hydrogens (tertiary/aromatic N) is 3. The standard InChI is InChI=1S/C15H24N4O/c1-10(2)14(8-18(3)4)19-13-6-5-11(16)7-12(13)17-15(19)9-20/h5-7,10,14,20H,8-9,16H2,1-4H3. The number of aliphatic hydroxyl groups is 1. The molecule has 1 unspecified atom stereocenters. The Bertz CT molecular complexity index is 589. The summed E-state index contributed by atoms with van der Waals surface area (Å²) in [6.07, 6.45) is 0. The van der Waals surface area contributed by atoms with Crippen LogP contribution in [0.1, 0.15) is 25.7 Å². The molecule has 1 aromatic heterocycles. The van der Waals surface area contributed by atoms with Gasteiger partial charge in [0.2, 0.25) is 0 Å². The minimum absolute atomic E-state index is 0.0643. The van der Waals surface area contributed by atoms with Gasteiger partial charge in [-0.05, 0) is 38.2 Å². The van der Waals surface area contributed by atoms with E-state index in [0.717, 1.165) is 17.6 Å². The second-order valence-corrected chi connectivity index (χ2v) is 5.88. The number of aromatic nitrogens is 2. The van der Waals surface area contributed by atoms with Crippen molar-refractivity contribution in [3.05, 3.63) is 24.0 Å². The number of hydrogen-bond acceptors (Lipinski definition) is 4. The van der Waals surface area contributed by atoms with Gasteiger partial charge < -0.3 is 20.3 Å². The first-order valence-electron chi connectivity index (χ1n) is 6.96. The molecule has 1 atom stereocenters. The molecular weight excluding hydrogens is 252 g/mol. The van der Waals surface area contributed by atoms with E-state index in [1.807, 2.05) is 18.2 Å². The molecule has 0 saturated carbocycles. The van der Waals surface area contributed by atoms with Crippen LogP contribution in [0.5, 0.6) is 0 Å². The lowest BCUT2D eigenvalue weighted by Crippen LogP contribution is -2.29. The molecule has 20 heavy (non-hydrogen) atoms. The van der Waals surface area contributed by atoms with Gasteiger partial charge in [0.25, 0.3) is 0 Å². The molecule has 0 spiro atoms. The fourth-order valence-corrected chi connectivity index (χ4v) is 2.61. The van der Waals surface area contributed by atoms with Crippen LogP contribution in [0.25, 0.3) is 11.0 Å². The zero-order chi connectivity index (χ0) is 14.9. The van der Waals surface area contributed by atoms with Crippen molar-refractivity contribution in [3.8, 4) is 0 Å². The van der Waals surface area contributed by atoms with Crippen molar-refractivity contribution in [2.45, 2.75) is 26.5 Å². The van der Waals surface area contributed by atoms with Gasteiger partial charge in [0.05, 0.1) is 17.1 Å². The molecule has 0 saturated heterocycles. The highest BCUT2D eigenvalue weighted by atomic mass is 16.3. The number of hydrogen-bond donors (Lipinski definition) is 2. The van der Waals surface area contributed by atoms with Crippen LogP contribution in [0.15, 0.2) is 18.2 Å². The van der Waals surface area contributed by atoms with E-state index in [-0.39, 0.29) is 12.6 Å². The Kier molecular flexibility index (Phi) is 4.30. The van der Waals surface area contributed by atoms with Gasteiger partial charge in [-0.15, -0.1) is 0 Å². The van der Waals surface area contributed by atoms with Gasteiger partial charge in [0, 0.05) is 12.2 Å². The van der Waals surface area contributed by atoms with Crippen LogP contribution in [0.3, 0.4) is 0 Å². The average Bonchev–Trinajstić information content (AvgIpc) is 2.72. The van der Waals surface area contributed by atoms with Gasteiger partial charge >= 0.3 is 0 Å². The van der Waals surface area contributed by atoms with Crippen molar-refractivity contribution < 1.29 is 5.11 Å². The maximum absolute atomic E-state index is 9.63. The Morgan fingerprint density at radius 3 is 2.60 bits per heavy atom. The third-order valence-corrected chi connectivity index (χ3v) is 3.58. The van der Waals surface area contributed by atoms with E-state index in [1.54, 1.807) is 0 Å². The van der Waals surface area contributed by atoms with E-state index >= 15 is 0 Å². The summed E-state index contributed by atoms with van der Waals surface area (Å²) in [5.41, 5.74) is 8.39. The molecule has 5 heteroatoms. The first kappa shape index (κ1) is 14.8. The molecule has 1 aromatic carbocycles. The lowest BCUT2D eigenvalue weighted by molar-refractivity contribution is 0.233. The first-order valence-corrected chi connectivity index (χ1v) is 6.96. The third-order valence-electron chi connectivity index (χ3n) is 3.58. The van der Waals surface area contributed by atoms with Gasteiger partial charge in [-0.2, -0.15) is 0 Å². The summed E-state index contributed by atoms with van der Waals surface area (Å²) in [6.45, 7) is 5.22. The number of nitrogens with two attached hydrogens (primary N) is 1. The van der Waals surface area contributed by atoms with Crippen LogP contribution < -0.4 is 5.73 Å². The molecule has 110 valence electrons. The van der Waals surface area contributed by atoms with Crippen molar-refractivity contribution >= 4 is 16.7 Å². The summed E-state index contributed by atoms with van der Waals surface area (Å²) in [5, 5.41) is 9.63. The van der Waals surface area contributed by atoms with E-state index < -0.39 is 0 Å². The zero-order valence-electron chi connectivity index (χ0n) is 12.7. The molecule has 0 aliphatic carbocycles. The molecular formula is C15H24N4O. The predicted octanol–water partition coefficient (Wildman–Crippen LogP) is 1.87. The van der Waals surface area contributed by atoms with Gasteiger partial charge in [0.15, 0.2) is 0 Å². The number of rotatable bonds is 5. The summed E-state index contributed by atoms with van der Waals surface area (Å²) < 4.78 is 2.15. The normalized spacial score (nSPS) is 13.6. The largest absolute Gasteiger partial charge is 0.399 e. The van der Waals surface area contributed by atoms with Crippen molar-refractivity contribution in [1.29, 1.82) is 0 Å². The Labute approximate surface area is 120 Å². The van der Waals surface area contributed by atoms with Gasteiger partial charge in [-0.25, -0.2) is 4.98 Å². The fourth-order valence-electron chi connectivity index (χ4n) is 2.61. The van der Waals surface area contributed by atoms with E-state index in [2.05, 4.69) is 42.4 Å². The van der Waals surface area contributed by atoms with Gasteiger partial charge in [-0.1, -0.05) is 13.8 Å². The highest BCUT2D eigenvalue weighted by Crippen LogP contribution is 2.28. The average molecular weight is 276 g/mol. The smallest absolute Gasteiger partial charge is 0.136 e. The molecule has 1 heterocycles. The third kappa shape index (κ3) is 2.78. The second kappa shape index (κ2) is 5.81. The second-order valence-electron chi connectivity index (χ2n) is 5.88. The van der Waals surface area contributed by atoms with Crippen molar-refractivity contribution in [1.82, 2.24) is 14.5 Å². The summed E-state index contributed by atoms with van der Waals surface area (Å²) in [4.78, 5) is 6.68. The summed E-state index contributed by atoms with van der Waals surface area (Å²) in [5.74, 6) is 1.14. The van der Waals surface area contributed by atoms with Crippen LogP contribution in [0, 0.1) is 5.92 Å². The Morgan fingerprint density at radius 2 is 2.05 bits per heavy atom. The monoisotopic (exact) mass is 276 g/mol. The van der Waals surface area contributed by atoms with E-state index in [4.69, 9.17) is 5.73 Å². The van der Waals surface area contributed by atoms with Crippen LogP contribution in [0.4, 0.5) is 5.69 Å². The molecule has 3 N–H and O–H groups in total. The lowest BCUT2D eigenvalue weighted by atomic mass is 10.0. The molecule has 2 rings (SSSR count). The number of imidazole rings is 1. The summed E-state index contributed by atoms with van der Waals surface area (Å²) in [6, 6.07) is 6.00. The maximum Gasteiger partial charge on any atom is 0.136 e. The highest BCUT2D eigenvalue weighted by molar-refractivity contribution is 5.79. The lowest BCUT2D eigenvalue weighted by Gasteiger charge is -2.28. The Hall–Kier alpha value is -1.59. The van der Waals surface area contributed by atoms with Gasteiger partial charge in [-0.3, -0.25) is 0 Å². The van der Waals surface area contributed by atoms with E-state index in [1.165, 1.54) is 0 Å². The molecule has 0 amide bonds. The number of benzene rings is 1. The van der Waals surface area contributed by atoms with Crippen molar-refractivity contribution in [2.75, 3.05) is 26.4 Å². The molecule has 2 aromatic rings. The molecule has 0 bridgehead atoms. The number of aliphatic hydroxyl groups excluding tert-OH is 1. The zero-order valence-corrected chi connectivity index (χ0v) is 12.7. The Morgan fingerprint density at radius 1 is 1.35 bits per heavy atom. The van der Waals surface area contributed by atoms with E-state index in [9.17, 15) is 5.11 Å². The quantitative estimate of drug-likeness (QED) is 0.818. The highest BCUT2D eigenvalue weighted by Gasteiger charge is 2.22. The van der Waals surface area contributed by atoms with Crippen LogP contribution in [-0.4, -0.2) is 40.2 Å². The molecule has 5 nitrogen and oxygen atoms in total. The predicted molar refractivity (Wildman–Crippen MR) is 82.5 cm³/mol. The van der Waals surface area contributed by atoms with Crippen molar-refractivity contribution in [3.63, 3.8) is 0 Å². The molecule has 0 radical (unpaired) electrons. The first-order chi connectivity index (χ1) is 9.43. The molecule has 0 aliphatic heterocycles. The SMILES string of the molecule is CC(C)C(CN(C)C)n1c(CO)nc2cc(N)ccc21. The topological polar surface area (TPSA) is 67.3 Å². The summed E-state index contributed by atoms with van der Waals surface area (Å²) in [7, 11) is 4.12. The van der Waals surface area contributed by atoms with Crippen LogP contribution >= 0.6 is 0 Å². The molecule has 0 aliphatic rings. The van der Waals surface area contributed by atoms with Gasteiger partial charge in [0.1, 0.15) is 12.4 Å². The van der Waals surface area contributed by atoms with Crippen LogP contribution in [0.2, 0.25) is 0 Å². The number of nitrogen functional groups attached to an aromatic ring is 1. The Balaban J connectivity index is 2.60. The maximum atomic E-state index is 9.63. The summed E-state index contributed by atoms with van der Waals surface area (Å²) >= 11 is 0. The number of fused-ring (bicyclic) bond motifs is 1. The minimum Gasteiger partial charge on any atom is -0.399 e.